The normalized spacial score (nSPS) is 16.4. The van der Waals surface area contributed by atoms with Gasteiger partial charge in [0.05, 0.1) is 12.3 Å². The molecule has 2 N–H and O–H groups in total. The van der Waals surface area contributed by atoms with Gasteiger partial charge in [-0.05, 0) is 93.7 Å². The lowest BCUT2D eigenvalue weighted by atomic mass is 9.88. The van der Waals surface area contributed by atoms with Gasteiger partial charge < -0.3 is 15.4 Å². The van der Waals surface area contributed by atoms with E-state index in [1.807, 2.05) is 13.8 Å². The Bertz CT molecular complexity index is 1460. The Hall–Kier alpha value is -3.25. The lowest BCUT2D eigenvalue weighted by Crippen LogP contribution is -2.50. The lowest BCUT2D eigenvalue weighted by Gasteiger charge is -2.27. The topological polar surface area (TPSA) is 116 Å². The summed E-state index contributed by atoms with van der Waals surface area (Å²) in [7, 11) is 1.03. The predicted molar refractivity (Wildman–Crippen MR) is 168 cm³/mol. The van der Waals surface area contributed by atoms with Crippen molar-refractivity contribution in [1.29, 1.82) is 0 Å². The van der Waals surface area contributed by atoms with Crippen molar-refractivity contribution >= 4 is 27.7 Å². The summed E-state index contributed by atoms with van der Waals surface area (Å²) in [5.41, 5.74) is 2.95. The van der Waals surface area contributed by atoms with Gasteiger partial charge in [-0.2, -0.15) is 14.6 Å². The summed E-state index contributed by atoms with van der Waals surface area (Å²) in [5.74, 6) is 0.505. The Morgan fingerprint density at radius 1 is 1.14 bits per heavy atom. The molecule has 0 aliphatic heterocycles. The summed E-state index contributed by atoms with van der Waals surface area (Å²) < 4.78 is 24.8. The molecule has 1 unspecified atom stereocenters. The highest BCUT2D eigenvalue weighted by molar-refractivity contribution is 8.32. The smallest absolute Gasteiger partial charge is 0.270 e. The molecule has 3 aromatic rings. The lowest BCUT2D eigenvalue weighted by molar-refractivity contribution is -0.119. The number of hydrogen-bond donors (Lipinski definition) is 2. The maximum atomic E-state index is 15.6. The Balaban J connectivity index is 1.33. The van der Waals surface area contributed by atoms with Crippen LogP contribution in [0.15, 0.2) is 24.4 Å². The van der Waals surface area contributed by atoms with Gasteiger partial charge in [-0.1, -0.05) is 6.92 Å². The monoisotopic (exact) mass is 613 g/mol. The fourth-order valence-electron chi connectivity index (χ4n) is 5.84. The molecule has 5 rings (SSSR count). The molecule has 1 atom stereocenters. The van der Waals surface area contributed by atoms with E-state index < -0.39 is 22.0 Å². The van der Waals surface area contributed by atoms with E-state index in [-0.39, 0.29) is 23.6 Å². The third-order valence-corrected chi connectivity index (χ3v) is 9.72. The van der Waals surface area contributed by atoms with E-state index in [4.69, 9.17) is 4.74 Å². The molecule has 2 amide bonds. The summed E-state index contributed by atoms with van der Waals surface area (Å²) in [4.78, 5) is 30.9. The van der Waals surface area contributed by atoms with Gasteiger partial charge in [-0.25, -0.2) is 19.7 Å². The van der Waals surface area contributed by atoms with Crippen LogP contribution in [-0.2, 0) is 29.7 Å². The number of anilines is 1. The number of carbonyl (C=O) groups excluding carboxylic acids is 2. The molecular formula is C31H44FN7O3S. The first-order valence-electron chi connectivity index (χ1n) is 15.0. The van der Waals surface area contributed by atoms with E-state index >= 15 is 4.39 Å². The molecule has 0 saturated heterocycles. The molecule has 12 heteroatoms. The second kappa shape index (κ2) is 12.8. The van der Waals surface area contributed by atoms with Crippen LogP contribution >= 0.6 is 10.0 Å². The van der Waals surface area contributed by atoms with Crippen molar-refractivity contribution in [3.05, 3.63) is 47.4 Å². The van der Waals surface area contributed by atoms with Gasteiger partial charge >= 0.3 is 0 Å². The molecule has 0 bridgehead atoms. The van der Waals surface area contributed by atoms with E-state index in [1.54, 1.807) is 36.1 Å². The number of ether oxygens (including phenoxy) is 1. The number of carbonyl (C=O) groups is 2. The Morgan fingerprint density at radius 2 is 1.84 bits per heavy atom. The Labute approximate surface area is 254 Å². The third-order valence-electron chi connectivity index (χ3n) is 8.33. The van der Waals surface area contributed by atoms with Crippen LogP contribution in [0.2, 0.25) is 0 Å². The molecule has 2 fully saturated rings. The van der Waals surface area contributed by atoms with Crippen LogP contribution in [0.5, 0.6) is 0 Å². The SMILES string of the molecule is CCc1c(-c2ccc(NC(=O)C(NC(=O)c3ccnn3C)C(C3CC3)C3CC3)nc2F)c(C)nn1COCCS(C)(C)C. The van der Waals surface area contributed by atoms with E-state index in [9.17, 15) is 9.59 Å². The van der Waals surface area contributed by atoms with Gasteiger partial charge in [-0.3, -0.25) is 14.3 Å². The minimum absolute atomic E-state index is 0.0360. The zero-order valence-corrected chi connectivity index (χ0v) is 26.8. The maximum absolute atomic E-state index is 15.6. The molecule has 43 heavy (non-hydrogen) atoms. The number of nitrogens with zero attached hydrogens (tertiary/aromatic N) is 5. The summed E-state index contributed by atoms with van der Waals surface area (Å²) in [5, 5.41) is 14.5. The van der Waals surface area contributed by atoms with Gasteiger partial charge in [0.25, 0.3) is 5.91 Å². The average Bonchev–Trinajstić information content (AvgIpc) is 3.88. The van der Waals surface area contributed by atoms with Gasteiger partial charge in [0.2, 0.25) is 11.9 Å². The number of aromatic nitrogens is 5. The molecule has 3 aromatic heterocycles. The highest BCUT2D eigenvalue weighted by Crippen LogP contribution is 2.51. The third kappa shape index (κ3) is 7.46. The number of nitrogens with one attached hydrogen (secondary N) is 2. The van der Waals surface area contributed by atoms with Crippen LogP contribution in [0.1, 0.15) is 54.5 Å². The number of halogens is 1. The molecule has 2 aliphatic carbocycles. The number of pyridine rings is 1. The van der Waals surface area contributed by atoms with Crippen LogP contribution in [0.3, 0.4) is 0 Å². The van der Waals surface area contributed by atoms with Crippen molar-refractivity contribution in [3.63, 3.8) is 0 Å². The quantitative estimate of drug-likeness (QED) is 0.204. The van der Waals surface area contributed by atoms with Crippen molar-refractivity contribution in [2.24, 2.45) is 24.8 Å². The molecule has 234 valence electrons. The molecule has 3 heterocycles. The molecule has 2 aliphatic rings. The van der Waals surface area contributed by atoms with Crippen LogP contribution < -0.4 is 10.6 Å². The van der Waals surface area contributed by atoms with Gasteiger partial charge in [0, 0.05) is 35.8 Å². The van der Waals surface area contributed by atoms with Crippen molar-refractivity contribution in [3.8, 4) is 11.1 Å². The molecule has 0 aromatic carbocycles. The number of hydrogen-bond acceptors (Lipinski definition) is 6. The highest BCUT2D eigenvalue weighted by Gasteiger charge is 2.48. The summed E-state index contributed by atoms with van der Waals surface area (Å²) >= 11 is 0. The predicted octanol–water partition coefficient (Wildman–Crippen LogP) is 4.53. The molecular weight excluding hydrogens is 569 g/mol. The second-order valence-corrected chi connectivity index (χ2v) is 17.2. The van der Waals surface area contributed by atoms with E-state index in [0.717, 1.165) is 37.1 Å². The molecule has 0 spiro atoms. The van der Waals surface area contributed by atoms with Crippen molar-refractivity contribution in [1.82, 2.24) is 29.9 Å². The minimum atomic E-state index is -0.751. The van der Waals surface area contributed by atoms with E-state index in [0.29, 0.717) is 54.1 Å². The fourth-order valence-corrected chi connectivity index (χ4v) is 6.46. The average molecular weight is 614 g/mol. The van der Waals surface area contributed by atoms with Gasteiger partial charge in [0.1, 0.15) is 24.3 Å². The first-order valence-corrected chi connectivity index (χ1v) is 18.1. The van der Waals surface area contributed by atoms with Crippen LogP contribution in [0, 0.1) is 30.6 Å². The van der Waals surface area contributed by atoms with Crippen LogP contribution in [0.25, 0.3) is 11.1 Å². The Kier molecular flexibility index (Phi) is 9.26. The largest absolute Gasteiger partial charge is 0.358 e. The highest BCUT2D eigenvalue weighted by atomic mass is 32.3. The second-order valence-electron chi connectivity index (χ2n) is 12.7. The Morgan fingerprint density at radius 3 is 2.40 bits per heavy atom. The summed E-state index contributed by atoms with van der Waals surface area (Å²) in [6, 6.07) is 4.12. The molecule has 10 nitrogen and oxygen atoms in total. The number of aryl methyl sites for hydroxylation is 2. The first-order chi connectivity index (χ1) is 20.5. The number of rotatable bonds is 14. The van der Waals surface area contributed by atoms with Crippen molar-refractivity contribution in [2.75, 3.05) is 36.4 Å². The zero-order valence-electron chi connectivity index (χ0n) is 26.0. The maximum Gasteiger partial charge on any atom is 0.270 e. The van der Waals surface area contributed by atoms with Crippen LogP contribution in [-0.4, -0.2) is 73.5 Å². The van der Waals surface area contributed by atoms with Gasteiger partial charge in [0.15, 0.2) is 0 Å². The van der Waals surface area contributed by atoms with Gasteiger partial charge in [-0.15, -0.1) is 0 Å². The summed E-state index contributed by atoms with van der Waals surface area (Å²) in [6.07, 6.45) is 13.1. The molecule has 0 radical (unpaired) electrons. The van der Waals surface area contributed by atoms with E-state index in [1.165, 1.54) is 4.68 Å². The zero-order chi connectivity index (χ0) is 30.9. The standard InChI is InChI=1S/C31H44FN7O3S/c1-7-23-26(19(2)37-39(23)18-42-16-17-43(4,5)6)22-12-13-25(34-29(22)32)35-31(41)28(27(20-8-9-20)21-10-11-21)36-30(40)24-14-15-33-38(24)3/h12-15,20-21,27-28H,7-11,16-18H2,1-6H3,(H,36,40)(H,34,35,41). The first kappa shape index (κ1) is 31.2. The van der Waals surface area contributed by atoms with Crippen LogP contribution in [0.4, 0.5) is 10.2 Å². The number of amides is 2. The van der Waals surface area contributed by atoms with E-state index in [2.05, 4.69) is 44.6 Å². The van der Waals surface area contributed by atoms with Crippen molar-refractivity contribution in [2.45, 2.75) is 58.7 Å². The van der Waals surface area contributed by atoms with Crippen molar-refractivity contribution < 1.29 is 18.7 Å². The summed E-state index contributed by atoms with van der Waals surface area (Å²) in [6.45, 7) is 4.81. The minimum Gasteiger partial charge on any atom is -0.358 e. The molecule has 2 saturated carbocycles. The fraction of sp³-hybridized carbons (Fsp3) is 0.581.